The molecule has 1 aromatic heterocycles. The predicted molar refractivity (Wildman–Crippen MR) is 118 cm³/mol. The Bertz CT molecular complexity index is 1160. The quantitative estimate of drug-likeness (QED) is 0.496. The Labute approximate surface area is 174 Å². The second-order valence-electron chi connectivity index (χ2n) is 6.93. The molecule has 148 valence electrons. The van der Waals surface area contributed by atoms with Crippen LogP contribution in [0.5, 0.6) is 0 Å². The number of amides is 2. The normalized spacial score (nSPS) is 11.6. The smallest absolute Gasteiger partial charge is 0.251 e. The third kappa shape index (κ3) is 4.52. The highest BCUT2D eigenvalue weighted by Gasteiger charge is 2.19. The SMILES string of the molecule is O=C(C[C@@H](NC(=O)c1ccccc1)c1ccccc1)Nc1cccc2ncccc12. The number of hydrogen-bond acceptors (Lipinski definition) is 3. The van der Waals surface area contributed by atoms with Crippen LogP contribution >= 0.6 is 0 Å². The molecule has 4 aromatic rings. The third-order valence-corrected chi connectivity index (χ3v) is 4.85. The lowest BCUT2D eigenvalue weighted by atomic mass is 10.0. The fourth-order valence-corrected chi connectivity index (χ4v) is 3.37. The van der Waals surface area contributed by atoms with Crippen molar-refractivity contribution >= 4 is 28.4 Å². The minimum Gasteiger partial charge on any atom is -0.345 e. The first-order valence-corrected chi connectivity index (χ1v) is 9.75. The summed E-state index contributed by atoms with van der Waals surface area (Å²) in [5, 5.41) is 6.83. The van der Waals surface area contributed by atoms with Crippen molar-refractivity contribution in [3.63, 3.8) is 0 Å². The molecule has 5 nitrogen and oxygen atoms in total. The van der Waals surface area contributed by atoms with E-state index in [4.69, 9.17) is 0 Å². The highest BCUT2D eigenvalue weighted by atomic mass is 16.2. The van der Waals surface area contributed by atoms with Crippen LogP contribution in [0.1, 0.15) is 28.4 Å². The summed E-state index contributed by atoms with van der Waals surface area (Å²) in [6, 6.07) is 27.4. The van der Waals surface area contributed by atoms with E-state index < -0.39 is 6.04 Å². The lowest BCUT2D eigenvalue weighted by molar-refractivity contribution is -0.116. The van der Waals surface area contributed by atoms with E-state index in [1.54, 1.807) is 18.3 Å². The van der Waals surface area contributed by atoms with Crippen LogP contribution in [0.4, 0.5) is 5.69 Å². The molecule has 2 amide bonds. The molecule has 0 saturated heterocycles. The lowest BCUT2D eigenvalue weighted by Crippen LogP contribution is -2.31. The number of carbonyl (C=O) groups excluding carboxylic acids is 2. The lowest BCUT2D eigenvalue weighted by Gasteiger charge is -2.19. The van der Waals surface area contributed by atoms with Crippen molar-refractivity contribution in [3.05, 3.63) is 108 Å². The van der Waals surface area contributed by atoms with Gasteiger partial charge in [-0.25, -0.2) is 0 Å². The van der Waals surface area contributed by atoms with Crippen molar-refractivity contribution in [1.82, 2.24) is 10.3 Å². The monoisotopic (exact) mass is 395 g/mol. The van der Waals surface area contributed by atoms with E-state index in [0.29, 0.717) is 11.3 Å². The first-order valence-electron chi connectivity index (χ1n) is 9.75. The number of rotatable bonds is 6. The van der Waals surface area contributed by atoms with Gasteiger partial charge in [-0.3, -0.25) is 14.6 Å². The highest BCUT2D eigenvalue weighted by molar-refractivity contribution is 6.01. The second-order valence-corrected chi connectivity index (χ2v) is 6.93. The second kappa shape index (κ2) is 9.01. The van der Waals surface area contributed by atoms with Crippen molar-refractivity contribution in [2.24, 2.45) is 0 Å². The van der Waals surface area contributed by atoms with Gasteiger partial charge in [-0.2, -0.15) is 0 Å². The molecule has 5 heteroatoms. The fraction of sp³-hybridized carbons (Fsp3) is 0.0800. The molecule has 0 bridgehead atoms. The summed E-state index contributed by atoms with van der Waals surface area (Å²) < 4.78 is 0. The fourth-order valence-electron chi connectivity index (χ4n) is 3.37. The summed E-state index contributed by atoms with van der Waals surface area (Å²) in [4.78, 5) is 29.9. The standard InChI is InChI=1S/C25H21N3O2/c29-24(27-22-15-7-14-21-20(22)13-8-16-26-21)17-23(18-9-3-1-4-10-18)28-25(30)19-11-5-2-6-12-19/h1-16,23H,17H2,(H,27,29)(H,28,30)/t23-/m1/s1. The van der Waals surface area contributed by atoms with E-state index in [1.165, 1.54) is 0 Å². The molecule has 4 rings (SSSR count). The number of nitrogens with zero attached hydrogens (tertiary/aromatic N) is 1. The molecule has 0 fully saturated rings. The molecule has 1 heterocycles. The summed E-state index contributed by atoms with van der Waals surface area (Å²) in [5.74, 6) is -0.403. The molecule has 0 aliphatic rings. The molecule has 0 unspecified atom stereocenters. The summed E-state index contributed by atoms with van der Waals surface area (Å²) in [5.41, 5.74) is 2.94. The van der Waals surface area contributed by atoms with E-state index in [9.17, 15) is 9.59 Å². The van der Waals surface area contributed by atoms with Crippen LogP contribution in [0.15, 0.2) is 97.2 Å². The Hall–Kier alpha value is -3.99. The van der Waals surface area contributed by atoms with Gasteiger partial charge in [-0.05, 0) is 42.0 Å². The Balaban J connectivity index is 1.54. The molecule has 0 radical (unpaired) electrons. The highest BCUT2D eigenvalue weighted by Crippen LogP contribution is 2.23. The van der Waals surface area contributed by atoms with Crippen LogP contribution in [0.3, 0.4) is 0 Å². The van der Waals surface area contributed by atoms with Gasteiger partial charge in [-0.1, -0.05) is 54.6 Å². The first kappa shape index (κ1) is 19.3. The van der Waals surface area contributed by atoms with Crippen LogP contribution in [0.25, 0.3) is 10.9 Å². The van der Waals surface area contributed by atoms with Crippen LogP contribution in [-0.4, -0.2) is 16.8 Å². The minimum atomic E-state index is -0.452. The van der Waals surface area contributed by atoms with E-state index >= 15 is 0 Å². The van der Waals surface area contributed by atoms with Crippen LogP contribution < -0.4 is 10.6 Å². The number of nitrogens with one attached hydrogen (secondary N) is 2. The largest absolute Gasteiger partial charge is 0.345 e. The van der Waals surface area contributed by atoms with Crippen molar-refractivity contribution in [1.29, 1.82) is 0 Å². The maximum Gasteiger partial charge on any atom is 0.251 e. The van der Waals surface area contributed by atoms with Crippen LogP contribution in [0.2, 0.25) is 0 Å². The van der Waals surface area contributed by atoms with Crippen molar-refractivity contribution < 1.29 is 9.59 Å². The van der Waals surface area contributed by atoms with Gasteiger partial charge in [-0.15, -0.1) is 0 Å². The van der Waals surface area contributed by atoms with Crippen molar-refractivity contribution in [2.45, 2.75) is 12.5 Å². The molecule has 0 aliphatic carbocycles. The average molecular weight is 395 g/mol. The van der Waals surface area contributed by atoms with Gasteiger partial charge in [0.2, 0.25) is 5.91 Å². The number of carbonyl (C=O) groups is 2. The summed E-state index contributed by atoms with van der Waals surface area (Å²) in [7, 11) is 0. The van der Waals surface area contributed by atoms with Crippen LogP contribution in [-0.2, 0) is 4.79 Å². The van der Waals surface area contributed by atoms with Crippen molar-refractivity contribution in [2.75, 3.05) is 5.32 Å². The van der Waals surface area contributed by atoms with Crippen LogP contribution in [0, 0.1) is 0 Å². The topological polar surface area (TPSA) is 71.1 Å². The Kier molecular flexibility index (Phi) is 5.80. The Morgan fingerprint density at radius 3 is 2.30 bits per heavy atom. The molecular weight excluding hydrogens is 374 g/mol. The maximum atomic E-state index is 12.9. The van der Waals surface area contributed by atoms with Gasteiger partial charge < -0.3 is 10.6 Å². The molecule has 0 spiro atoms. The maximum absolute atomic E-state index is 12.9. The molecule has 3 aromatic carbocycles. The van der Waals surface area contributed by atoms with Gasteiger partial charge in [0.15, 0.2) is 0 Å². The minimum absolute atomic E-state index is 0.110. The van der Waals surface area contributed by atoms with E-state index in [2.05, 4.69) is 15.6 Å². The zero-order valence-corrected chi connectivity index (χ0v) is 16.3. The summed E-state index contributed by atoms with van der Waals surface area (Å²) >= 11 is 0. The number of anilines is 1. The predicted octanol–water partition coefficient (Wildman–Crippen LogP) is 4.73. The van der Waals surface area contributed by atoms with E-state index in [-0.39, 0.29) is 18.2 Å². The van der Waals surface area contributed by atoms with Gasteiger partial charge in [0.25, 0.3) is 5.91 Å². The molecule has 0 aliphatic heterocycles. The molecular formula is C25H21N3O2. The van der Waals surface area contributed by atoms with E-state index in [0.717, 1.165) is 16.5 Å². The molecule has 30 heavy (non-hydrogen) atoms. The first-order chi connectivity index (χ1) is 14.7. The van der Waals surface area contributed by atoms with Gasteiger partial charge in [0.05, 0.1) is 23.7 Å². The number of pyridine rings is 1. The Morgan fingerprint density at radius 2 is 1.53 bits per heavy atom. The number of aromatic nitrogens is 1. The summed E-state index contributed by atoms with van der Waals surface area (Å²) in [6.07, 6.45) is 1.83. The molecule has 1 atom stereocenters. The number of fused-ring (bicyclic) bond motifs is 1. The van der Waals surface area contributed by atoms with Crippen molar-refractivity contribution in [3.8, 4) is 0 Å². The zero-order valence-electron chi connectivity index (χ0n) is 16.3. The third-order valence-electron chi connectivity index (χ3n) is 4.85. The average Bonchev–Trinajstić information content (AvgIpc) is 2.80. The molecule has 2 N–H and O–H groups in total. The van der Waals surface area contributed by atoms with Gasteiger partial charge in [0, 0.05) is 17.1 Å². The van der Waals surface area contributed by atoms with Gasteiger partial charge >= 0.3 is 0 Å². The zero-order chi connectivity index (χ0) is 20.8. The van der Waals surface area contributed by atoms with Gasteiger partial charge in [0.1, 0.15) is 0 Å². The Morgan fingerprint density at radius 1 is 0.800 bits per heavy atom. The number of benzene rings is 3. The number of hydrogen-bond donors (Lipinski definition) is 2. The van der Waals surface area contributed by atoms with E-state index in [1.807, 2.05) is 78.9 Å². The molecule has 0 saturated carbocycles. The summed E-state index contributed by atoms with van der Waals surface area (Å²) in [6.45, 7) is 0.